The summed E-state index contributed by atoms with van der Waals surface area (Å²) in [5, 5.41) is 0. The number of likely N-dealkylation sites (tertiary alicyclic amines) is 1. The van der Waals surface area contributed by atoms with Crippen molar-refractivity contribution >= 4 is 11.8 Å². The first kappa shape index (κ1) is 16.8. The van der Waals surface area contributed by atoms with E-state index >= 15 is 0 Å². The monoisotopic (exact) mass is 348 g/mol. The number of hydrogen-bond acceptors (Lipinski definition) is 2. The van der Waals surface area contributed by atoms with Gasteiger partial charge in [-0.25, -0.2) is 0 Å². The van der Waals surface area contributed by atoms with Gasteiger partial charge >= 0.3 is 0 Å². The lowest BCUT2D eigenvalue weighted by Crippen LogP contribution is -2.37. The smallest absolute Gasteiger partial charge is 0.254 e. The van der Waals surface area contributed by atoms with Gasteiger partial charge in [-0.15, -0.1) is 0 Å². The molecule has 2 aromatic rings. The molecule has 26 heavy (non-hydrogen) atoms. The minimum absolute atomic E-state index is 0.00722. The van der Waals surface area contributed by atoms with E-state index in [-0.39, 0.29) is 11.8 Å². The highest BCUT2D eigenvalue weighted by molar-refractivity contribution is 5.99. The van der Waals surface area contributed by atoms with Gasteiger partial charge in [0.15, 0.2) is 0 Å². The number of hydrogen-bond donors (Lipinski definition) is 0. The minimum atomic E-state index is 0.00722. The lowest BCUT2D eigenvalue weighted by atomic mass is 9.99. The van der Waals surface area contributed by atoms with Crippen LogP contribution in [-0.2, 0) is 13.0 Å². The van der Waals surface area contributed by atoms with E-state index in [1.54, 1.807) is 6.07 Å². The summed E-state index contributed by atoms with van der Waals surface area (Å²) in [6, 6.07) is 15.5. The standard InChI is InChI=1S/C22H24N2O2/c25-21(23-12-4-1-5-13-23)18-9-6-10-19(15-18)22(26)24-14-11-17-7-2-3-8-20(17)16-24/h2-3,6-10,15H,1,4-5,11-14,16H2. The molecule has 0 bridgehead atoms. The molecule has 2 amide bonds. The lowest BCUT2D eigenvalue weighted by molar-refractivity contribution is 0.0724. The molecule has 2 aliphatic heterocycles. The molecule has 2 aliphatic rings. The average Bonchev–Trinajstić information content (AvgIpc) is 2.73. The Morgan fingerprint density at radius 3 is 2.08 bits per heavy atom. The fourth-order valence-electron chi connectivity index (χ4n) is 3.92. The normalized spacial score (nSPS) is 16.9. The van der Waals surface area contributed by atoms with Crippen molar-refractivity contribution in [3.05, 3.63) is 70.8 Å². The van der Waals surface area contributed by atoms with Gasteiger partial charge in [0.25, 0.3) is 11.8 Å². The number of benzene rings is 2. The van der Waals surface area contributed by atoms with Crippen LogP contribution in [0.25, 0.3) is 0 Å². The summed E-state index contributed by atoms with van der Waals surface area (Å²) in [5.41, 5.74) is 3.76. The Balaban J connectivity index is 1.51. The summed E-state index contributed by atoms with van der Waals surface area (Å²) in [5.74, 6) is 0.0520. The third-order valence-electron chi connectivity index (χ3n) is 5.42. The van der Waals surface area contributed by atoms with Crippen LogP contribution in [0, 0.1) is 0 Å². The lowest BCUT2D eigenvalue weighted by Gasteiger charge is -2.29. The van der Waals surface area contributed by atoms with E-state index < -0.39 is 0 Å². The molecular formula is C22H24N2O2. The van der Waals surface area contributed by atoms with E-state index in [0.717, 1.165) is 38.9 Å². The topological polar surface area (TPSA) is 40.6 Å². The van der Waals surface area contributed by atoms with Crippen LogP contribution < -0.4 is 0 Å². The Hall–Kier alpha value is -2.62. The van der Waals surface area contributed by atoms with Gasteiger partial charge in [0.1, 0.15) is 0 Å². The molecule has 0 unspecified atom stereocenters. The summed E-state index contributed by atoms with van der Waals surface area (Å²) in [6.07, 6.45) is 4.21. The second-order valence-corrected chi connectivity index (χ2v) is 7.18. The second kappa shape index (κ2) is 7.32. The van der Waals surface area contributed by atoms with Crippen molar-refractivity contribution in [3.63, 3.8) is 0 Å². The molecule has 1 saturated heterocycles. The molecule has 4 nitrogen and oxygen atoms in total. The zero-order valence-electron chi connectivity index (χ0n) is 15.0. The molecule has 2 heterocycles. The summed E-state index contributed by atoms with van der Waals surface area (Å²) < 4.78 is 0. The largest absolute Gasteiger partial charge is 0.339 e. The Bertz CT molecular complexity index is 824. The molecule has 2 aromatic carbocycles. The van der Waals surface area contributed by atoms with Crippen molar-refractivity contribution in [2.75, 3.05) is 19.6 Å². The highest BCUT2D eigenvalue weighted by atomic mass is 16.2. The summed E-state index contributed by atoms with van der Waals surface area (Å²) >= 11 is 0. The van der Waals surface area contributed by atoms with Crippen LogP contribution in [0.15, 0.2) is 48.5 Å². The molecule has 0 saturated carbocycles. The van der Waals surface area contributed by atoms with Gasteiger partial charge in [0.2, 0.25) is 0 Å². The molecular weight excluding hydrogens is 324 g/mol. The predicted molar refractivity (Wildman–Crippen MR) is 101 cm³/mol. The first-order valence-electron chi connectivity index (χ1n) is 9.48. The molecule has 0 radical (unpaired) electrons. The van der Waals surface area contributed by atoms with E-state index in [1.807, 2.05) is 40.1 Å². The van der Waals surface area contributed by atoms with Crippen LogP contribution in [0.3, 0.4) is 0 Å². The van der Waals surface area contributed by atoms with Crippen molar-refractivity contribution in [2.45, 2.75) is 32.2 Å². The molecule has 0 aromatic heterocycles. The Morgan fingerprint density at radius 1 is 0.692 bits per heavy atom. The molecule has 4 heteroatoms. The molecule has 1 fully saturated rings. The van der Waals surface area contributed by atoms with Crippen molar-refractivity contribution < 1.29 is 9.59 Å². The quantitative estimate of drug-likeness (QED) is 0.833. The van der Waals surface area contributed by atoms with Crippen LogP contribution in [0.1, 0.15) is 51.1 Å². The molecule has 0 spiro atoms. The van der Waals surface area contributed by atoms with Crippen LogP contribution in [0.5, 0.6) is 0 Å². The molecule has 0 N–H and O–H groups in total. The van der Waals surface area contributed by atoms with E-state index in [4.69, 9.17) is 0 Å². The predicted octanol–water partition coefficient (Wildman–Crippen LogP) is 3.51. The summed E-state index contributed by atoms with van der Waals surface area (Å²) in [4.78, 5) is 29.5. The maximum absolute atomic E-state index is 13.0. The third-order valence-corrected chi connectivity index (χ3v) is 5.42. The van der Waals surface area contributed by atoms with Gasteiger partial charge in [-0.1, -0.05) is 30.3 Å². The number of piperidine rings is 1. The first-order chi connectivity index (χ1) is 12.7. The van der Waals surface area contributed by atoms with E-state index in [9.17, 15) is 9.59 Å². The third kappa shape index (κ3) is 3.36. The van der Waals surface area contributed by atoms with Crippen molar-refractivity contribution in [2.24, 2.45) is 0 Å². The number of amides is 2. The Morgan fingerprint density at radius 2 is 1.35 bits per heavy atom. The highest BCUT2D eigenvalue weighted by Gasteiger charge is 2.23. The maximum atomic E-state index is 13.0. The molecule has 0 aliphatic carbocycles. The van der Waals surface area contributed by atoms with Crippen LogP contribution in [0.2, 0.25) is 0 Å². The van der Waals surface area contributed by atoms with Gasteiger partial charge < -0.3 is 9.80 Å². The van der Waals surface area contributed by atoms with Crippen molar-refractivity contribution in [3.8, 4) is 0 Å². The minimum Gasteiger partial charge on any atom is -0.339 e. The van der Waals surface area contributed by atoms with Gasteiger partial charge in [-0.2, -0.15) is 0 Å². The zero-order valence-corrected chi connectivity index (χ0v) is 15.0. The number of nitrogens with zero attached hydrogens (tertiary/aromatic N) is 2. The first-order valence-corrected chi connectivity index (χ1v) is 9.48. The number of rotatable bonds is 2. The molecule has 0 atom stereocenters. The maximum Gasteiger partial charge on any atom is 0.254 e. The molecule has 4 rings (SSSR count). The van der Waals surface area contributed by atoms with E-state index in [1.165, 1.54) is 17.5 Å². The number of carbonyl (C=O) groups excluding carboxylic acids is 2. The SMILES string of the molecule is O=C(c1cccc(C(=O)N2CCc3ccccc3C2)c1)N1CCCCC1. The Kier molecular flexibility index (Phi) is 4.74. The van der Waals surface area contributed by atoms with E-state index in [0.29, 0.717) is 17.7 Å². The average molecular weight is 348 g/mol. The summed E-state index contributed by atoms with van der Waals surface area (Å²) in [6.45, 7) is 3.00. The van der Waals surface area contributed by atoms with Crippen LogP contribution in [0.4, 0.5) is 0 Å². The molecule has 134 valence electrons. The number of fused-ring (bicyclic) bond motifs is 1. The van der Waals surface area contributed by atoms with Gasteiger partial charge in [-0.3, -0.25) is 9.59 Å². The second-order valence-electron chi connectivity index (χ2n) is 7.18. The van der Waals surface area contributed by atoms with Gasteiger partial charge in [0, 0.05) is 37.3 Å². The van der Waals surface area contributed by atoms with Gasteiger partial charge in [0.05, 0.1) is 0 Å². The van der Waals surface area contributed by atoms with Crippen molar-refractivity contribution in [1.29, 1.82) is 0 Å². The zero-order chi connectivity index (χ0) is 17.9. The van der Waals surface area contributed by atoms with E-state index in [2.05, 4.69) is 12.1 Å². The van der Waals surface area contributed by atoms with Crippen LogP contribution in [-0.4, -0.2) is 41.2 Å². The van der Waals surface area contributed by atoms with Crippen molar-refractivity contribution in [1.82, 2.24) is 9.80 Å². The fraction of sp³-hybridized carbons (Fsp3) is 0.364. The fourth-order valence-corrected chi connectivity index (χ4v) is 3.92. The van der Waals surface area contributed by atoms with Crippen LogP contribution >= 0.6 is 0 Å². The van der Waals surface area contributed by atoms with Gasteiger partial charge in [-0.05, 0) is 55.0 Å². The summed E-state index contributed by atoms with van der Waals surface area (Å²) in [7, 11) is 0. The Labute approximate surface area is 154 Å². The number of carbonyl (C=O) groups is 2. The highest BCUT2D eigenvalue weighted by Crippen LogP contribution is 2.21.